The van der Waals surface area contributed by atoms with E-state index in [1.165, 1.54) is 6.07 Å². The molecule has 4 heterocycles. The lowest BCUT2D eigenvalue weighted by atomic mass is 10.2. The van der Waals surface area contributed by atoms with Gasteiger partial charge in [0.25, 0.3) is 5.56 Å². The maximum atomic E-state index is 14.7. The topological polar surface area (TPSA) is 74.2 Å². The van der Waals surface area contributed by atoms with E-state index in [0.717, 1.165) is 24.6 Å². The third kappa shape index (κ3) is 2.46. The molecule has 3 aromatic heterocycles. The smallest absolute Gasteiger partial charge is 0.271 e. The Kier molecular flexibility index (Phi) is 3.84. The fourth-order valence-electron chi connectivity index (χ4n) is 3.29. The number of hydrogen-bond donors (Lipinski definition) is 1. The summed E-state index contributed by atoms with van der Waals surface area (Å²) in [6.07, 6.45) is 0. The molecular weight excluding hydrogens is 345 g/mol. The first-order chi connectivity index (χ1) is 12.0. The van der Waals surface area contributed by atoms with Crippen LogP contribution in [0.25, 0.3) is 21.3 Å². The highest BCUT2D eigenvalue weighted by atomic mass is 32.1. The molecule has 0 saturated carbocycles. The van der Waals surface area contributed by atoms with Crippen molar-refractivity contribution in [2.45, 2.75) is 13.5 Å². The van der Waals surface area contributed by atoms with Crippen LogP contribution in [-0.2, 0) is 6.54 Å². The number of likely N-dealkylation sites (N-methyl/N-ethyl adjacent to an activating group) is 1. The molecule has 25 heavy (non-hydrogen) atoms. The number of fused-ring (bicyclic) bond motifs is 2. The molecule has 0 amide bonds. The summed E-state index contributed by atoms with van der Waals surface area (Å²) in [4.78, 5) is 33.8. The normalized spacial score (nSPS) is 16.2. The Morgan fingerprint density at radius 3 is 2.68 bits per heavy atom. The second-order valence-electron chi connectivity index (χ2n) is 6.24. The number of piperazine rings is 1. The number of hydrogen-bond acceptors (Lipinski definition) is 6. The van der Waals surface area contributed by atoms with Gasteiger partial charge in [-0.05, 0) is 31.6 Å². The van der Waals surface area contributed by atoms with Crippen molar-refractivity contribution in [3.8, 4) is 0 Å². The van der Waals surface area contributed by atoms with Crippen molar-refractivity contribution in [3.63, 3.8) is 0 Å². The minimum atomic E-state index is -0.525. The van der Waals surface area contributed by atoms with Crippen molar-refractivity contribution in [3.05, 3.63) is 32.5 Å². The van der Waals surface area contributed by atoms with E-state index in [2.05, 4.69) is 14.3 Å². The van der Waals surface area contributed by atoms with Gasteiger partial charge in [-0.15, -0.1) is 0 Å². The molecule has 0 atom stereocenters. The first kappa shape index (κ1) is 16.2. The molecule has 1 aliphatic rings. The lowest BCUT2D eigenvalue weighted by Crippen LogP contribution is -2.45. The zero-order valence-electron chi connectivity index (χ0n) is 14.0. The zero-order chi connectivity index (χ0) is 17.7. The van der Waals surface area contributed by atoms with Crippen LogP contribution in [0.3, 0.4) is 0 Å². The Balaban J connectivity index is 2.00. The average Bonchev–Trinajstić information content (AvgIpc) is 2.98. The molecule has 0 spiro atoms. The molecule has 132 valence electrons. The minimum Gasteiger partial charge on any atom is -0.352 e. The third-order valence-corrected chi connectivity index (χ3v) is 5.62. The zero-order valence-corrected chi connectivity index (χ0v) is 14.8. The second kappa shape index (κ2) is 5.92. The monoisotopic (exact) mass is 363 g/mol. The summed E-state index contributed by atoms with van der Waals surface area (Å²) >= 11 is 1.11. The van der Waals surface area contributed by atoms with Gasteiger partial charge in [0, 0.05) is 32.7 Å². The molecule has 0 aliphatic carbocycles. The minimum absolute atomic E-state index is 0.0768. The van der Waals surface area contributed by atoms with Crippen LogP contribution < -0.4 is 15.9 Å². The van der Waals surface area contributed by atoms with Crippen LogP contribution in [0, 0.1) is 5.82 Å². The SMILES string of the molecule is CCn1c2nc(N3CCN(C)CC3)c(F)cc2c(=O)c2c(=O)[nH]sc21. The van der Waals surface area contributed by atoms with Gasteiger partial charge in [0.1, 0.15) is 15.9 Å². The van der Waals surface area contributed by atoms with Crippen molar-refractivity contribution < 1.29 is 4.39 Å². The highest BCUT2D eigenvalue weighted by molar-refractivity contribution is 7.12. The van der Waals surface area contributed by atoms with Crippen molar-refractivity contribution in [1.29, 1.82) is 0 Å². The van der Waals surface area contributed by atoms with E-state index in [1.54, 1.807) is 4.57 Å². The molecule has 0 aromatic carbocycles. The number of halogens is 1. The Morgan fingerprint density at radius 1 is 1.28 bits per heavy atom. The van der Waals surface area contributed by atoms with Gasteiger partial charge < -0.3 is 14.4 Å². The van der Waals surface area contributed by atoms with E-state index < -0.39 is 16.8 Å². The summed E-state index contributed by atoms with van der Waals surface area (Å²) < 4.78 is 19.1. The van der Waals surface area contributed by atoms with Crippen molar-refractivity contribution in [2.24, 2.45) is 0 Å². The van der Waals surface area contributed by atoms with Crippen LogP contribution >= 0.6 is 11.5 Å². The fourth-order valence-corrected chi connectivity index (χ4v) is 4.20. The summed E-state index contributed by atoms with van der Waals surface area (Å²) in [6, 6.07) is 1.22. The lowest BCUT2D eigenvalue weighted by molar-refractivity contribution is 0.311. The van der Waals surface area contributed by atoms with Gasteiger partial charge in [-0.25, -0.2) is 9.37 Å². The van der Waals surface area contributed by atoms with Crippen molar-refractivity contribution in [1.82, 2.24) is 18.8 Å². The molecule has 1 aliphatic heterocycles. The molecule has 1 saturated heterocycles. The summed E-state index contributed by atoms with van der Waals surface area (Å²) in [5.74, 6) is -0.257. The van der Waals surface area contributed by atoms with Gasteiger partial charge in [-0.2, -0.15) is 0 Å². The number of aromatic nitrogens is 3. The Bertz CT molecular complexity index is 1080. The van der Waals surface area contributed by atoms with Crippen LogP contribution in [0.2, 0.25) is 0 Å². The molecule has 0 bridgehead atoms. The predicted molar refractivity (Wildman–Crippen MR) is 97.3 cm³/mol. The quantitative estimate of drug-likeness (QED) is 0.741. The number of aryl methyl sites for hydroxylation is 1. The lowest BCUT2D eigenvalue weighted by Gasteiger charge is -2.33. The maximum Gasteiger partial charge on any atom is 0.271 e. The standard InChI is InChI=1S/C16H18FN5O2S/c1-3-22-13-9(12(23)11-15(24)19-25-16(11)22)8-10(17)14(18-13)21-6-4-20(2)5-7-21/h8H,3-7H2,1-2H3,(H,19,24). The van der Waals surface area contributed by atoms with Crippen LogP contribution in [-0.4, -0.2) is 52.1 Å². The van der Waals surface area contributed by atoms with E-state index in [-0.39, 0.29) is 16.6 Å². The Labute approximate surface area is 146 Å². The van der Waals surface area contributed by atoms with E-state index in [1.807, 2.05) is 18.9 Å². The second-order valence-corrected chi connectivity index (χ2v) is 7.04. The number of H-pyrrole nitrogens is 1. The number of rotatable bonds is 2. The molecule has 3 aromatic rings. The van der Waals surface area contributed by atoms with Gasteiger partial charge >= 0.3 is 0 Å². The van der Waals surface area contributed by atoms with Gasteiger partial charge in [-0.1, -0.05) is 0 Å². The maximum absolute atomic E-state index is 14.7. The van der Waals surface area contributed by atoms with Gasteiger partial charge in [0.15, 0.2) is 11.6 Å². The Hall–Kier alpha value is -2.26. The molecule has 0 radical (unpaired) electrons. The van der Waals surface area contributed by atoms with E-state index in [9.17, 15) is 14.0 Å². The number of pyridine rings is 2. The van der Waals surface area contributed by atoms with Gasteiger partial charge in [0.05, 0.1) is 5.39 Å². The Morgan fingerprint density at radius 2 is 2.00 bits per heavy atom. The number of anilines is 1. The van der Waals surface area contributed by atoms with Crippen LogP contribution in [0.15, 0.2) is 15.7 Å². The molecule has 4 rings (SSSR count). The molecule has 1 N–H and O–H groups in total. The highest BCUT2D eigenvalue weighted by Crippen LogP contribution is 2.25. The average molecular weight is 363 g/mol. The number of aromatic amines is 1. The van der Waals surface area contributed by atoms with Gasteiger partial charge in [0.2, 0.25) is 5.43 Å². The first-order valence-electron chi connectivity index (χ1n) is 8.19. The van der Waals surface area contributed by atoms with Crippen molar-refractivity contribution in [2.75, 3.05) is 38.1 Å². The van der Waals surface area contributed by atoms with E-state index in [4.69, 9.17) is 0 Å². The molecule has 1 fully saturated rings. The highest BCUT2D eigenvalue weighted by Gasteiger charge is 2.22. The molecule has 9 heteroatoms. The summed E-state index contributed by atoms with van der Waals surface area (Å²) in [7, 11) is 2.03. The fraction of sp³-hybridized carbons (Fsp3) is 0.438. The molecule has 0 unspecified atom stereocenters. The van der Waals surface area contributed by atoms with Gasteiger partial charge in [-0.3, -0.25) is 14.0 Å². The van der Waals surface area contributed by atoms with Crippen molar-refractivity contribution >= 4 is 38.6 Å². The summed E-state index contributed by atoms with van der Waals surface area (Å²) in [6.45, 7) is 5.47. The van der Waals surface area contributed by atoms with E-state index >= 15 is 0 Å². The first-order valence-corrected chi connectivity index (χ1v) is 9.00. The largest absolute Gasteiger partial charge is 0.352 e. The van der Waals surface area contributed by atoms with E-state index in [0.29, 0.717) is 30.1 Å². The number of nitrogens with zero attached hydrogens (tertiary/aromatic N) is 4. The molecular formula is C16H18FN5O2S. The predicted octanol–water partition coefficient (Wildman–Crippen LogP) is 1.21. The summed E-state index contributed by atoms with van der Waals surface area (Å²) in [5.41, 5.74) is -0.475. The third-order valence-electron chi connectivity index (χ3n) is 4.71. The summed E-state index contributed by atoms with van der Waals surface area (Å²) in [5, 5.41) is 0.224. The van der Waals surface area contributed by atoms with Crippen LogP contribution in [0.1, 0.15) is 6.92 Å². The number of nitrogens with one attached hydrogen (secondary N) is 1. The van der Waals surface area contributed by atoms with Crippen LogP contribution in [0.4, 0.5) is 10.2 Å². The van der Waals surface area contributed by atoms with Crippen LogP contribution in [0.5, 0.6) is 0 Å². The molecule has 7 nitrogen and oxygen atoms in total.